The average Bonchev–Trinajstić information content (AvgIpc) is 2.45. The lowest BCUT2D eigenvalue weighted by Crippen LogP contribution is -2.44. The number of rotatable bonds is 6. The molecule has 0 spiro atoms. The maximum absolute atomic E-state index is 4.60. The normalized spacial score (nSPS) is 16.6. The van der Waals surface area contributed by atoms with Crippen LogP contribution in [0.4, 0.5) is 11.8 Å². The van der Waals surface area contributed by atoms with E-state index in [1.807, 2.05) is 12.3 Å². The van der Waals surface area contributed by atoms with Gasteiger partial charge in [0, 0.05) is 38.9 Å². The number of anilines is 2. The number of likely N-dealkylation sites (N-methyl/N-ethyl adjacent to an activating group) is 1. The summed E-state index contributed by atoms with van der Waals surface area (Å²) in [5, 5.41) is 3.31. The van der Waals surface area contributed by atoms with E-state index < -0.39 is 0 Å². The van der Waals surface area contributed by atoms with Gasteiger partial charge in [-0.2, -0.15) is 4.98 Å². The first-order valence-electron chi connectivity index (χ1n) is 7.30. The molecule has 1 N–H and O–H groups in total. The first kappa shape index (κ1) is 14.1. The Morgan fingerprint density at radius 2 is 2.00 bits per heavy atom. The standard InChI is InChI=1S/C14H25N5/c1-3-4-5-7-15-14-16-8-6-13(17-14)19-11-9-18(2)10-12-19/h6,8H,3-5,7,9-12H2,1-2H3,(H,15,16,17). The molecule has 0 saturated carbocycles. The van der Waals surface area contributed by atoms with E-state index in [1.165, 1.54) is 19.3 Å². The van der Waals surface area contributed by atoms with Gasteiger partial charge < -0.3 is 15.1 Å². The third-order valence-corrected chi connectivity index (χ3v) is 3.53. The van der Waals surface area contributed by atoms with Crippen molar-refractivity contribution in [3.05, 3.63) is 12.3 Å². The molecule has 19 heavy (non-hydrogen) atoms. The van der Waals surface area contributed by atoms with E-state index in [4.69, 9.17) is 0 Å². The van der Waals surface area contributed by atoms with Crippen LogP contribution in [0, 0.1) is 0 Å². The summed E-state index contributed by atoms with van der Waals surface area (Å²) >= 11 is 0. The third kappa shape index (κ3) is 4.35. The SMILES string of the molecule is CCCCCNc1nccc(N2CCN(C)CC2)n1. The number of hydrogen-bond donors (Lipinski definition) is 1. The number of piperazine rings is 1. The van der Waals surface area contributed by atoms with E-state index >= 15 is 0 Å². The smallest absolute Gasteiger partial charge is 0.224 e. The molecule has 1 aromatic heterocycles. The lowest BCUT2D eigenvalue weighted by atomic mass is 10.2. The minimum absolute atomic E-state index is 0.757. The quantitative estimate of drug-likeness (QED) is 0.793. The van der Waals surface area contributed by atoms with Gasteiger partial charge in [0.05, 0.1) is 0 Å². The van der Waals surface area contributed by atoms with Gasteiger partial charge in [0.15, 0.2) is 0 Å². The van der Waals surface area contributed by atoms with Gasteiger partial charge >= 0.3 is 0 Å². The van der Waals surface area contributed by atoms with Crippen molar-refractivity contribution in [3.63, 3.8) is 0 Å². The minimum atomic E-state index is 0.757. The molecule has 106 valence electrons. The first-order valence-corrected chi connectivity index (χ1v) is 7.30. The van der Waals surface area contributed by atoms with Crippen molar-refractivity contribution >= 4 is 11.8 Å². The van der Waals surface area contributed by atoms with E-state index in [0.717, 1.165) is 44.5 Å². The molecule has 0 bridgehead atoms. The van der Waals surface area contributed by atoms with Crippen molar-refractivity contribution in [1.82, 2.24) is 14.9 Å². The van der Waals surface area contributed by atoms with Gasteiger partial charge in [-0.05, 0) is 19.5 Å². The summed E-state index contributed by atoms with van der Waals surface area (Å²) in [5.41, 5.74) is 0. The van der Waals surface area contributed by atoms with Crippen LogP contribution in [-0.2, 0) is 0 Å². The fourth-order valence-electron chi connectivity index (χ4n) is 2.22. The summed E-state index contributed by atoms with van der Waals surface area (Å²) in [5.74, 6) is 1.80. The molecule has 0 amide bonds. The summed E-state index contributed by atoms with van der Waals surface area (Å²) in [6.07, 6.45) is 5.52. The predicted molar refractivity (Wildman–Crippen MR) is 79.8 cm³/mol. The maximum Gasteiger partial charge on any atom is 0.224 e. The molecular weight excluding hydrogens is 238 g/mol. The third-order valence-electron chi connectivity index (χ3n) is 3.53. The Bertz CT molecular complexity index is 374. The second-order valence-electron chi connectivity index (χ2n) is 5.16. The Morgan fingerprint density at radius 1 is 1.21 bits per heavy atom. The van der Waals surface area contributed by atoms with Crippen molar-refractivity contribution in [2.24, 2.45) is 0 Å². The molecule has 2 rings (SSSR count). The summed E-state index contributed by atoms with van der Waals surface area (Å²) in [7, 11) is 2.16. The molecule has 1 aliphatic heterocycles. The van der Waals surface area contributed by atoms with E-state index in [2.05, 4.69) is 39.1 Å². The fourth-order valence-corrected chi connectivity index (χ4v) is 2.22. The minimum Gasteiger partial charge on any atom is -0.354 e. The molecule has 5 nitrogen and oxygen atoms in total. The number of unbranched alkanes of at least 4 members (excludes halogenated alkanes) is 2. The maximum atomic E-state index is 4.60. The second-order valence-corrected chi connectivity index (χ2v) is 5.16. The topological polar surface area (TPSA) is 44.3 Å². The molecule has 1 saturated heterocycles. The predicted octanol–water partition coefficient (Wildman–Crippen LogP) is 1.83. The molecule has 0 unspecified atom stereocenters. The summed E-state index contributed by atoms with van der Waals surface area (Å²) in [4.78, 5) is 13.6. The van der Waals surface area contributed by atoms with Crippen LogP contribution in [0.3, 0.4) is 0 Å². The molecule has 2 heterocycles. The van der Waals surface area contributed by atoms with Crippen LogP contribution in [0.1, 0.15) is 26.2 Å². The lowest BCUT2D eigenvalue weighted by molar-refractivity contribution is 0.312. The monoisotopic (exact) mass is 263 g/mol. The van der Waals surface area contributed by atoms with Crippen molar-refractivity contribution in [2.75, 3.05) is 50.0 Å². The highest BCUT2D eigenvalue weighted by molar-refractivity contribution is 5.42. The largest absolute Gasteiger partial charge is 0.354 e. The Balaban J connectivity index is 1.87. The van der Waals surface area contributed by atoms with E-state index in [0.29, 0.717) is 0 Å². The zero-order valence-electron chi connectivity index (χ0n) is 12.1. The van der Waals surface area contributed by atoms with E-state index in [9.17, 15) is 0 Å². The van der Waals surface area contributed by atoms with Gasteiger partial charge in [-0.25, -0.2) is 4.98 Å². The van der Waals surface area contributed by atoms with Gasteiger partial charge in [-0.1, -0.05) is 19.8 Å². The lowest BCUT2D eigenvalue weighted by Gasteiger charge is -2.33. The number of aromatic nitrogens is 2. The molecule has 1 aromatic rings. The second kappa shape index (κ2) is 7.28. The molecule has 0 radical (unpaired) electrons. The summed E-state index contributed by atoms with van der Waals surface area (Å²) < 4.78 is 0. The molecule has 0 aromatic carbocycles. The average molecular weight is 263 g/mol. The Kier molecular flexibility index (Phi) is 5.39. The Morgan fingerprint density at radius 3 is 2.74 bits per heavy atom. The highest BCUT2D eigenvalue weighted by Gasteiger charge is 2.15. The molecule has 0 atom stereocenters. The van der Waals surface area contributed by atoms with Gasteiger partial charge in [0.2, 0.25) is 5.95 Å². The van der Waals surface area contributed by atoms with Crippen LogP contribution in [0.25, 0.3) is 0 Å². The summed E-state index contributed by atoms with van der Waals surface area (Å²) in [6, 6.07) is 2.00. The highest BCUT2D eigenvalue weighted by atomic mass is 15.3. The first-order chi connectivity index (χ1) is 9.29. The van der Waals surface area contributed by atoms with Crippen molar-refractivity contribution in [1.29, 1.82) is 0 Å². The Labute approximate surface area is 116 Å². The Hall–Kier alpha value is -1.36. The van der Waals surface area contributed by atoms with Crippen LogP contribution < -0.4 is 10.2 Å². The summed E-state index contributed by atoms with van der Waals surface area (Å²) in [6.45, 7) is 7.46. The molecule has 1 fully saturated rings. The molecular formula is C14H25N5. The molecule has 5 heteroatoms. The van der Waals surface area contributed by atoms with Crippen molar-refractivity contribution < 1.29 is 0 Å². The van der Waals surface area contributed by atoms with E-state index in [1.54, 1.807) is 0 Å². The number of nitrogens with zero attached hydrogens (tertiary/aromatic N) is 4. The molecule has 0 aliphatic carbocycles. The fraction of sp³-hybridized carbons (Fsp3) is 0.714. The number of nitrogens with one attached hydrogen (secondary N) is 1. The van der Waals surface area contributed by atoms with Gasteiger partial charge in [-0.3, -0.25) is 0 Å². The van der Waals surface area contributed by atoms with Gasteiger partial charge in [-0.15, -0.1) is 0 Å². The highest BCUT2D eigenvalue weighted by Crippen LogP contribution is 2.14. The van der Waals surface area contributed by atoms with Crippen LogP contribution in [-0.4, -0.2) is 54.6 Å². The zero-order valence-corrected chi connectivity index (χ0v) is 12.1. The zero-order chi connectivity index (χ0) is 13.5. The van der Waals surface area contributed by atoms with Crippen LogP contribution in [0.2, 0.25) is 0 Å². The van der Waals surface area contributed by atoms with Crippen LogP contribution in [0.5, 0.6) is 0 Å². The number of hydrogen-bond acceptors (Lipinski definition) is 5. The van der Waals surface area contributed by atoms with Crippen molar-refractivity contribution in [2.45, 2.75) is 26.2 Å². The molecule has 1 aliphatic rings. The van der Waals surface area contributed by atoms with Crippen molar-refractivity contribution in [3.8, 4) is 0 Å². The van der Waals surface area contributed by atoms with Gasteiger partial charge in [0.25, 0.3) is 0 Å². The van der Waals surface area contributed by atoms with Crippen LogP contribution in [0.15, 0.2) is 12.3 Å². The van der Waals surface area contributed by atoms with Gasteiger partial charge in [0.1, 0.15) is 5.82 Å². The van der Waals surface area contributed by atoms with E-state index in [-0.39, 0.29) is 0 Å². The van der Waals surface area contributed by atoms with Crippen LogP contribution >= 0.6 is 0 Å².